The van der Waals surface area contributed by atoms with Crippen molar-refractivity contribution >= 4 is 5.69 Å². The van der Waals surface area contributed by atoms with E-state index in [-0.39, 0.29) is 11.9 Å². The van der Waals surface area contributed by atoms with Gasteiger partial charge >= 0.3 is 0 Å². The van der Waals surface area contributed by atoms with Crippen molar-refractivity contribution in [2.45, 2.75) is 32.7 Å². The molecule has 1 aromatic rings. The maximum absolute atomic E-state index is 13.3. The van der Waals surface area contributed by atoms with Gasteiger partial charge in [-0.3, -0.25) is 0 Å². The summed E-state index contributed by atoms with van der Waals surface area (Å²) in [6.07, 6.45) is 2.44. The van der Waals surface area contributed by atoms with Gasteiger partial charge in [-0.05, 0) is 43.0 Å². The molecule has 0 amide bonds. The summed E-state index contributed by atoms with van der Waals surface area (Å²) in [6.45, 7) is 6.27. The van der Waals surface area contributed by atoms with E-state index in [1.807, 2.05) is 13.0 Å². The number of halogens is 1. The van der Waals surface area contributed by atoms with Crippen molar-refractivity contribution in [3.05, 3.63) is 29.6 Å². The number of nitrogens with zero attached hydrogens (tertiary/aromatic N) is 1. The summed E-state index contributed by atoms with van der Waals surface area (Å²) < 4.78 is 13.3. The third-order valence-electron chi connectivity index (χ3n) is 3.68. The summed E-state index contributed by atoms with van der Waals surface area (Å²) in [5, 5.41) is 0. The highest BCUT2D eigenvalue weighted by Gasteiger charge is 2.23. The van der Waals surface area contributed by atoms with Crippen LogP contribution in [0.1, 0.15) is 38.3 Å². The van der Waals surface area contributed by atoms with E-state index in [4.69, 9.17) is 5.73 Å². The number of hydrogen-bond donors (Lipinski definition) is 1. The van der Waals surface area contributed by atoms with Crippen molar-refractivity contribution in [3.8, 4) is 0 Å². The quantitative estimate of drug-likeness (QED) is 0.874. The SMILES string of the molecule is CCC1CCN(c2ccc(F)cc2[C@@H](C)N)C1. The Morgan fingerprint density at radius 3 is 2.88 bits per heavy atom. The van der Waals surface area contributed by atoms with Crippen molar-refractivity contribution in [1.82, 2.24) is 0 Å². The molecule has 0 aromatic heterocycles. The van der Waals surface area contributed by atoms with Crippen LogP contribution in [0.25, 0.3) is 0 Å². The van der Waals surface area contributed by atoms with E-state index in [1.54, 1.807) is 6.07 Å². The van der Waals surface area contributed by atoms with E-state index >= 15 is 0 Å². The zero-order chi connectivity index (χ0) is 12.4. The first-order valence-corrected chi connectivity index (χ1v) is 6.41. The molecule has 1 saturated heterocycles. The topological polar surface area (TPSA) is 29.3 Å². The number of anilines is 1. The molecule has 1 aliphatic rings. The third-order valence-corrected chi connectivity index (χ3v) is 3.68. The fourth-order valence-corrected chi connectivity index (χ4v) is 2.56. The molecule has 0 spiro atoms. The Hall–Kier alpha value is -1.09. The molecule has 1 aliphatic heterocycles. The van der Waals surface area contributed by atoms with E-state index in [9.17, 15) is 4.39 Å². The predicted molar refractivity (Wildman–Crippen MR) is 69.6 cm³/mol. The van der Waals surface area contributed by atoms with Crippen molar-refractivity contribution in [2.24, 2.45) is 11.7 Å². The second-order valence-corrected chi connectivity index (χ2v) is 5.00. The average molecular weight is 236 g/mol. The van der Waals surface area contributed by atoms with Crippen LogP contribution in [0, 0.1) is 11.7 Å². The van der Waals surface area contributed by atoms with Gasteiger partial charge in [-0.2, -0.15) is 0 Å². The van der Waals surface area contributed by atoms with Crippen molar-refractivity contribution < 1.29 is 4.39 Å². The Labute approximate surface area is 103 Å². The van der Waals surface area contributed by atoms with E-state index in [1.165, 1.54) is 18.9 Å². The van der Waals surface area contributed by atoms with E-state index in [2.05, 4.69) is 11.8 Å². The van der Waals surface area contributed by atoms with Crippen LogP contribution in [0.15, 0.2) is 18.2 Å². The first-order chi connectivity index (χ1) is 8.11. The fraction of sp³-hybridized carbons (Fsp3) is 0.571. The molecular formula is C14H21FN2. The van der Waals surface area contributed by atoms with Crippen LogP contribution >= 0.6 is 0 Å². The number of nitrogens with two attached hydrogens (primary N) is 1. The summed E-state index contributed by atoms with van der Waals surface area (Å²) in [4.78, 5) is 2.34. The summed E-state index contributed by atoms with van der Waals surface area (Å²) in [7, 11) is 0. The molecule has 2 N–H and O–H groups in total. The molecular weight excluding hydrogens is 215 g/mol. The van der Waals surface area contributed by atoms with Gasteiger partial charge in [-0.15, -0.1) is 0 Å². The molecule has 1 unspecified atom stereocenters. The Morgan fingerprint density at radius 2 is 2.29 bits per heavy atom. The molecule has 1 fully saturated rings. The minimum atomic E-state index is -0.202. The summed E-state index contributed by atoms with van der Waals surface area (Å²) in [5.41, 5.74) is 7.95. The van der Waals surface area contributed by atoms with Gasteiger partial charge in [0.25, 0.3) is 0 Å². The van der Waals surface area contributed by atoms with Crippen LogP contribution in [0.3, 0.4) is 0 Å². The van der Waals surface area contributed by atoms with Crippen molar-refractivity contribution in [2.75, 3.05) is 18.0 Å². The molecule has 3 heteroatoms. The lowest BCUT2D eigenvalue weighted by atomic mass is 10.1. The van der Waals surface area contributed by atoms with Gasteiger partial charge in [0.2, 0.25) is 0 Å². The lowest BCUT2D eigenvalue weighted by Gasteiger charge is -2.23. The predicted octanol–water partition coefficient (Wildman–Crippen LogP) is 3.08. The minimum Gasteiger partial charge on any atom is -0.371 e. The van der Waals surface area contributed by atoms with Crippen molar-refractivity contribution in [3.63, 3.8) is 0 Å². The normalized spacial score (nSPS) is 21.9. The maximum atomic E-state index is 13.3. The largest absolute Gasteiger partial charge is 0.371 e. The van der Waals surface area contributed by atoms with Gasteiger partial charge in [-0.1, -0.05) is 13.3 Å². The second kappa shape index (κ2) is 5.05. The van der Waals surface area contributed by atoms with Crippen LogP contribution in [0.5, 0.6) is 0 Å². The third kappa shape index (κ3) is 2.60. The Morgan fingerprint density at radius 1 is 1.53 bits per heavy atom. The summed E-state index contributed by atoms with van der Waals surface area (Å²) in [6, 6.07) is 4.84. The Bertz CT molecular complexity index is 390. The molecule has 1 aromatic carbocycles. The van der Waals surface area contributed by atoms with Gasteiger partial charge in [-0.25, -0.2) is 4.39 Å². The van der Waals surface area contributed by atoms with Gasteiger partial charge in [0.05, 0.1) is 0 Å². The molecule has 94 valence electrons. The van der Waals surface area contributed by atoms with Gasteiger partial charge in [0.1, 0.15) is 5.82 Å². The molecule has 17 heavy (non-hydrogen) atoms. The monoisotopic (exact) mass is 236 g/mol. The van der Waals surface area contributed by atoms with Crippen LogP contribution in [-0.2, 0) is 0 Å². The molecule has 1 heterocycles. The molecule has 2 atom stereocenters. The highest BCUT2D eigenvalue weighted by Crippen LogP contribution is 2.31. The fourth-order valence-electron chi connectivity index (χ4n) is 2.56. The smallest absolute Gasteiger partial charge is 0.123 e. The van der Waals surface area contributed by atoms with E-state index in [0.29, 0.717) is 0 Å². The minimum absolute atomic E-state index is 0.124. The van der Waals surface area contributed by atoms with Gasteiger partial charge in [0, 0.05) is 24.8 Å². The lowest BCUT2D eigenvalue weighted by Crippen LogP contribution is -2.22. The van der Waals surface area contributed by atoms with E-state index < -0.39 is 0 Å². The van der Waals surface area contributed by atoms with Crippen LogP contribution < -0.4 is 10.6 Å². The highest BCUT2D eigenvalue weighted by atomic mass is 19.1. The van der Waals surface area contributed by atoms with Gasteiger partial charge < -0.3 is 10.6 Å². The first kappa shape index (κ1) is 12.4. The number of hydrogen-bond acceptors (Lipinski definition) is 2. The molecule has 0 bridgehead atoms. The number of benzene rings is 1. The average Bonchev–Trinajstić information content (AvgIpc) is 2.77. The molecule has 2 nitrogen and oxygen atoms in total. The molecule has 2 rings (SSSR count). The zero-order valence-electron chi connectivity index (χ0n) is 10.6. The van der Waals surface area contributed by atoms with Crippen molar-refractivity contribution in [1.29, 1.82) is 0 Å². The number of rotatable bonds is 3. The second-order valence-electron chi connectivity index (χ2n) is 5.00. The first-order valence-electron chi connectivity index (χ1n) is 6.41. The standard InChI is InChI=1S/C14H21FN2/c1-3-11-6-7-17(9-11)14-5-4-12(15)8-13(14)10(2)16/h4-5,8,10-11H,3,6-7,9,16H2,1-2H3/t10-,11?/m1/s1. The van der Waals surface area contributed by atoms with Crippen LogP contribution in [0.4, 0.5) is 10.1 Å². The van der Waals surface area contributed by atoms with Crippen LogP contribution in [0.2, 0.25) is 0 Å². The summed E-state index contributed by atoms with van der Waals surface area (Å²) in [5.74, 6) is 0.563. The maximum Gasteiger partial charge on any atom is 0.123 e. The van der Waals surface area contributed by atoms with Gasteiger partial charge in [0.15, 0.2) is 0 Å². The molecule has 0 radical (unpaired) electrons. The lowest BCUT2D eigenvalue weighted by molar-refractivity contribution is 0.568. The molecule has 0 aliphatic carbocycles. The van der Waals surface area contributed by atoms with E-state index in [0.717, 1.165) is 30.3 Å². The Balaban J connectivity index is 2.26. The Kier molecular flexibility index (Phi) is 3.67. The van der Waals surface area contributed by atoms with Crippen LogP contribution in [-0.4, -0.2) is 13.1 Å². The highest BCUT2D eigenvalue weighted by molar-refractivity contribution is 5.55. The molecule has 0 saturated carbocycles. The zero-order valence-corrected chi connectivity index (χ0v) is 10.6. The summed E-state index contributed by atoms with van der Waals surface area (Å²) >= 11 is 0.